The smallest absolute Gasteiger partial charge is 0.229 e. The van der Waals surface area contributed by atoms with Crippen LogP contribution in [-0.4, -0.2) is 45.7 Å². The lowest BCUT2D eigenvalue weighted by Crippen LogP contribution is -2.35. The van der Waals surface area contributed by atoms with E-state index < -0.39 is 10.0 Å². The fraction of sp³-hybridized carbons (Fsp3) is 0.417. The van der Waals surface area contributed by atoms with Gasteiger partial charge in [0.2, 0.25) is 10.0 Å². The Hall–Kier alpha value is -1.03. The Bertz CT molecular complexity index is 589. The van der Waals surface area contributed by atoms with Crippen molar-refractivity contribution in [3.05, 3.63) is 29.8 Å². The number of sulfonamides is 1. The molecule has 6 nitrogen and oxygen atoms in total. The van der Waals surface area contributed by atoms with Crippen molar-refractivity contribution in [3.63, 3.8) is 0 Å². The molecule has 2 N–H and O–H groups in total. The van der Waals surface area contributed by atoms with Crippen molar-refractivity contribution in [3.8, 4) is 0 Å². The Morgan fingerprint density at radius 3 is 2.75 bits per heavy atom. The van der Waals surface area contributed by atoms with Gasteiger partial charge in [-0.15, -0.1) is 24.0 Å². The van der Waals surface area contributed by atoms with Gasteiger partial charge in [-0.1, -0.05) is 12.1 Å². The van der Waals surface area contributed by atoms with Crippen LogP contribution in [0.15, 0.2) is 29.3 Å². The number of nitrogens with zero attached hydrogens (tertiary/aromatic N) is 2. The van der Waals surface area contributed by atoms with E-state index in [1.165, 1.54) is 0 Å². The number of nitrogens with one attached hydrogen (secondary N) is 2. The standard InChI is InChI=1S/C12H18N4O2S.HI/c1-16-7-6-13-12(16)14-9-10-4-3-5-11(8-10)15-19(2,17)18;/h3-5,8,15H,6-7,9H2,1-2H3,(H,13,14);1H. The second-order valence-electron chi connectivity index (χ2n) is 4.56. The summed E-state index contributed by atoms with van der Waals surface area (Å²) in [6, 6.07) is 7.30. The van der Waals surface area contributed by atoms with Gasteiger partial charge in [0, 0.05) is 25.8 Å². The first-order valence-corrected chi connectivity index (χ1v) is 7.89. The van der Waals surface area contributed by atoms with Gasteiger partial charge in [-0.05, 0) is 17.7 Å². The van der Waals surface area contributed by atoms with E-state index in [0.717, 1.165) is 30.9 Å². The van der Waals surface area contributed by atoms with Crippen LogP contribution < -0.4 is 10.0 Å². The Balaban J connectivity index is 0.00000200. The maximum Gasteiger partial charge on any atom is 0.229 e. The van der Waals surface area contributed by atoms with Crippen molar-refractivity contribution >= 4 is 45.6 Å². The minimum Gasteiger partial charge on any atom is -0.352 e. The summed E-state index contributed by atoms with van der Waals surface area (Å²) < 4.78 is 24.8. The van der Waals surface area contributed by atoms with Crippen molar-refractivity contribution in [1.82, 2.24) is 10.2 Å². The van der Waals surface area contributed by atoms with Crippen LogP contribution in [0.3, 0.4) is 0 Å². The van der Waals surface area contributed by atoms with Crippen molar-refractivity contribution in [1.29, 1.82) is 0 Å². The molecule has 0 radical (unpaired) electrons. The average Bonchev–Trinajstić information content (AvgIpc) is 2.70. The third-order valence-corrected chi connectivity index (χ3v) is 3.35. The van der Waals surface area contributed by atoms with Gasteiger partial charge in [0.15, 0.2) is 5.96 Å². The molecule has 0 atom stereocenters. The summed E-state index contributed by atoms with van der Waals surface area (Å²) in [5.41, 5.74) is 1.57. The molecule has 2 rings (SSSR count). The van der Waals surface area contributed by atoms with Crippen molar-refractivity contribution in [2.24, 2.45) is 4.99 Å². The maximum atomic E-state index is 11.2. The summed E-state index contributed by atoms with van der Waals surface area (Å²) in [5.74, 6) is 0.876. The SMILES string of the molecule is CN1CCN=C1NCc1cccc(NS(C)(=O)=O)c1.I. The molecule has 1 heterocycles. The Kier molecular flexibility index (Phi) is 6.06. The number of benzene rings is 1. The second-order valence-corrected chi connectivity index (χ2v) is 6.30. The average molecular weight is 410 g/mol. The minimum absolute atomic E-state index is 0. The number of hydrogen-bond acceptors (Lipinski definition) is 5. The first-order chi connectivity index (χ1) is 8.94. The zero-order valence-electron chi connectivity index (χ0n) is 11.5. The molecule has 0 aromatic heterocycles. The first-order valence-electron chi connectivity index (χ1n) is 6.00. The summed E-state index contributed by atoms with van der Waals surface area (Å²) in [6.07, 6.45) is 1.14. The molecule has 0 unspecified atom stereocenters. The summed E-state index contributed by atoms with van der Waals surface area (Å²) in [4.78, 5) is 6.39. The molecular weight excluding hydrogens is 391 g/mol. The lowest BCUT2D eigenvalue weighted by Gasteiger charge is -2.15. The van der Waals surface area contributed by atoms with Crippen molar-refractivity contribution in [2.45, 2.75) is 6.54 Å². The lowest BCUT2D eigenvalue weighted by molar-refractivity contribution is 0.534. The number of halogens is 1. The van der Waals surface area contributed by atoms with E-state index in [2.05, 4.69) is 19.9 Å². The van der Waals surface area contributed by atoms with Gasteiger partial charge in [-0.3, -0.25) is 9.71 Å². The highest BCUT2D eigenvalue weighted by Crippen LogP contribution is 2.12. The fourth-order valence-electron chi connectivity index (χ4n) is 1.86. The monoisotopic (exact) mass is 410 g/mol. The van der Waals surface area contributed by atoms with Crippen molar-refractivity contribution in [2.75, 3.05) is 31.1 Å². The lowest BCUT2D eigenvalue weighted by atomic mass is 10.2. The molecule has 0 saturated heterocycles. The van der Waals surface area contributed by atoms with Gasteiger partial charge in [0.1, 0.15) is 0 Å². The summed E-state index contributed by atoms with van der Waals surface area (Å²) in [6.45, 7) is 2.36. The highest BCUT2D eigenvalue weighted by Gasteiger charge is 2.11. The van der Waals surface area contributed by atoms with E-state index in [1.807, 2.05) is 25.2 Å². The highest BCUT2D eigenvalue weighted by atomic mass is 127. The molecule has 1 aromatic carbocycles. The molecule has 0 saturated carbocycles. The van der Waals surface area contributed by atoms with E-state index in [9.17, 15) is 8.42 Å². The van der Waals surface area contributed by atoms with Crippen LogP contribution in [0, 0.1) is 0 Å². The predicted molar refractivity (Wildman–Crippen MR) is 92.1 cm³/mol. The van der Waals surface area contributed by atoms with Gasteiger partial charge >= 0.3 is 0 Å². The van der Waals surface area contributed by atoms with Gasteiger partial charge in [0.05, 0.1) is 12.8 Å². The molecule has 0 bridgehead atoms. The molecule has 20 heavy (non-hydrogen) atoms. The highest BCUT2D eigenvalue weighted by molar-refractivity contribution is 14.0. The van der Waals surface area contributed by atoms with Gasteiger partial charge in [-0.25, -0.2) is 8.42 Å². The van der Waals surface area contributed by atoms with Crippen LogP contribution in [-0.2, 0) is 16.6 Å². The van der Waals surface area contributed by atoms with Gasteiger partial charge in [0.25, 0.3) is 0 Å². The third-order valence-electron chi connectivity index (χ3n) is 2.74. The summed E-state index contributed by atoms with van der Waals surface area (Å²) >= 11 is 0. The summed E-state index contributed by atoms with van der Waals surface area (Å²) in [5, 5.41) is 3.24. The van der Waals surface area contributed by atoms with Crippen LogP contribution in [0.1, 0.15) is 5.56 Å². The Morgan fingerprint density at radius 2 is 2.15 bits per heavy atom. The number of rotatable bonds is 4. The predicted octanol–water partition coefficient (Wildman–Crippen LogP) is 1.07. The number of guanidine groups is 1. The van der Waals surface area contributed by atoms with Crippen LogP contribution in [0.25, 0.3) is 0 Å². The van der Waals surface area contributed by atoms with E-state index in [4.69, 9.17) is 0 Å². The fourth-order valence-corrected chi connectivity index (χ4v) is 2.42. The van der Waals surface area contributed by atoms with Crippen LogP contribution in [0.5, 0.6) is 0 Å². The van der Waals surface area contributed by atoms with E-state index in [0.29, 0.717) is 12.2 Å². The Labute approximate surface area is 136 Å². The molecule has 8 heteroatoms. The quantitative estimate of drug-likeness (QED) is 0.729. The second kappa shape index (κ2) is 7.11. The number of hydrogen-bond donors (Lipinski definition) is 2. The molecule has 1 aliphatic rings. The number of likely N-dealkylation sites (N-methyl/N-ethyl adjacent to an activating group) is 1. The zero-order chi connectivity index (χ0) is 13.9. The van der Waals surface area contributed by atoms with E-state index >= 15 is 0 Å². The molecule has 112 valence electrons. The molecular formula is C12H19IN4O2S. The molecule has 0 amide bonds. The first kappa shape index (κ1) is 17.0. The van der Waals surface area contributed by atoms with Gasteiger partial charge in [-0.2, -0.15) is 0 Å². The molecule has 0 fully saturated rings. The minimum atomic E-state index is -3.24. The molecule has 1 aliphatic heterocycles. The summed E-state index contributed by atoms with van der Waals surface area (Å²) in [7, 11) is -1.25. The van der Waals surface area contributed by atoms with E-state index in [-0.39, 0.29) is 24.0 Å². The van der Waals surface area contributed by atoms with E-state index in [1.54, 1.807) is 6.07 Å². The van der Waals surface area contributed by atoms with Gasteiger partial charge < -0.3 is 10.2 Å². The largest absolute Gasteiger partial charge is 0.352 e. The maximum absolute atomic E-state index is 11.2. The van der Waals surface area contributed by atoms with Crippen molar-refractivity contribution < 1.29 is 8.42 Å². The topological polar surface area (TPSA) is 73.8 Å². The van der Waals surface area contributed by atoms with Crippen LogP contribution in [0.2, 0.25) is 0 Å². The van der Waals surface area contributed by atoms with Crippen LogP contribution in [0.4, 0.5) is 5.69 Å². The number of anilines is 1. The van der Waals surface area contributed by atoms with Crippen LogP contribution >= 0.6 is 24.0 Å². The Morgan fingerprint density at radius 1 is 1.40 bits per heavy atom. The zero-order valence-corrected chi connectivity index (χ0v) is 14.6. The third kappa shape index (κ3) is 5.16. The molecule has 0 aliphatic carbocycles. The normalized spacial score (nSPS) is 14.5. The number of aliphatic imine (C=N–C) groups is 1. The molecule has 0 spiro atoms. The molecule has 1 aromatic rings.